The molecular weight excluding hydrogens is 212 g/mol. The summed E-state index contributed by atoms with van der Waals surface area (Å²) >= 11 is 1.48. The highest BCUT2D eigenvalue weighted by Gasteiger charge is 2.08. The van der Waals surface area contributed by atoms with Crippen molar-refractivity contribution in [3.8, 4) is 6.07 Å². The molecule has 0 bridgehead atoms. The Bertz CT molecular complexity index is 390. The largest absolute Gasteiger partial charge is 0.462 e. The first-order chi connectivity index (χ1) is 7.27. The Kier molecular flexibility index (Phi) is 4.38. The molecule has 0 fully saturated rings. The number of nitrogens with one attached hydrogen (secondary N) is 1. The fourth-order valence-corrected chi connectivity index (χ4v) is 1.44. The van der Waals surface area contributed by atoms with E-state index in [1.807, 2.05) is 17.5 Å². The summed E-state index contributed by atoms with van der Waals surface area (Å²) in [7, 11) is 0. The van der Waals surface area contributed by atoms with Crippen LogP contribution in [0.2, 0.25) is 0 Å². The summed E-state index contributed by atoms with van der Waals surface area (Å²) < 4.78 is 4.70. The summed E-state index contributed by atoms with van der Waals surface area (Å²) in [6.45, 7) is 1.95. The number of hydrogen-bond acceptors (Lipinski definition) is 5. The van der Waals surface area contributed by atoms with Crippen LogP contribution in [-0.4, -0.2) is 12.6 Å². The molecular formula is C10H10N2O2S. The first kappa shape index (κ1) is 11.3. The molecule has 0 saturated carbocycles. The van der Waals surface area contributed by atoms with Crippen molar-refractivity contribution < 1.29 is 9.53 Å². The van der Waals surface area contributed by atoms with E-state index in [1.165, 1.54) is 17.5 Å². The molecule has 0 aromatic carbocycles. The van der Waals surface area contributed by atoms with Crippen molar-refractivity contribution in [3.63, 3.8) is 0 Å². The van der Waals surface area contributed by atoms with Crippen molar-refractivity contribution in [1.82, 2.24) is 0 Å². The highest BCUT2D eigenvalue weighted by molar-refractivity contribution is 7.14. The van der Waals surface area contributed by atoms with Crippen LogP contribution in [0.5, 0.6) is 0 Å². The highest BCUT2D eigenvalue weighted by Crippen LogP contribution is 2.15. The molecule has 1 rings (SSSR count). The second-order valence-corrected chi connectivity index (χ2v) is 3.46. The molecule has 78 valence electrons. The number of carbonyl (C=O) groups excluding carboxylic acids is 1. The van der Waals surface area contributed by atoms with E-state index in [2.05, 4.69) is 5.32 Å². The van der Waals surface area contributed by atoms with Gasteiger partial charge in [-0.05, 0) is 24.4 Å². The third-order valence-corrected chi connectivity index (χ3v) is 2.30. The van der Waals surface area contributed by atoms with Crippen LogP contribution >= 0.6 is 11.3 Å². The maximum atomic E-state index is 11.2. The molecule has 5 heteroatoms. The smallest absolute Gasteiger partial charge is 0.350 e. The summed E-state index contributed by atoms with van der Waals surface area (Å²) in [4.78, 5) is 11.2. The van der Waals surface area contributed by atoms with E-state index >= 15 is 0 Å². The fourth-order valence-electron chi connectivity index (χ4n) is 0.850. The number of anilines is 1. The number of nitriles is 1. The molecule has 1 aromatic heterocycles. The van der Waals surface area contributed by atoms with E-state index < -0.39 is 5.97 Å². The van der Waals surface area contributed by atoms with E-state index in [1.54, 1.807) is 13.0 Å². The van der Waals surface area contributed by atoms with Crippen molar-refractivity contribution in [3.05, 3.63) is 29.3 Å². The molecule has 0 radical (unpaired) electrons. The van der Waals surface area contributed by atoms with Gasteiger partial charge < -0.3 is 10.1 Å². The predicted octanol–water partition coefficient (Wildman–Crippen LogP) is 2.13. The van der Waals surface area contributed by atoms with Crippen LogP contribution in [0.1, 0.15) is 6.92 Å². The number of carbonyl (C=O) groups is 1. The molecule has 4 nitrogen and oxygen atoms in total. The second kappa shape index (κ2) is 5.83. The van der Waals surface area contributed by atoms with Crippen LogP contribution in [0, 0.1) is 11.3 Å². The predicted molar refractivity (Wildman–Crippen MR) is 58.3 cm³/mol. The lowest BCUT2D eigenvalue weighted by molar-refractivity contribution is -0.138. The van der Waals surface area contributed by atoms with Gasteiger partial charge in [0.25, 0.3) is 0 Å². The standard InChI is InChI=1S/C10H10N2O2S/c1-2-14-10(13)8(6-11)7-12-9-4-3-5-15-9/h3-5,7,12H,2H2,1H3. The number of hydrogen-bond donors (Lipinski definition) is 1. The molecule has 0 unspecified atom stereocenters. The average molecular weight is 222 g/mol. The minimum absolute atomic E-state index is 0.0368. The van der Waals surface area contributed by atoms with Crippen molar-refractivity contribution in [2.45, 2.75) is 6.92 Å². The Morgan fingerprint density at radius 1 is 1.80 bits per heavy atom. The summed E-state index contributed by atoms with van der Waals surface area (Å²) in [5.74, 6) is -0.607. The molecule has 1 aromatic rings. The van der Waals surface area contributed by atoms with Gasteiger partial charge in [0.15, 0.2) is 5.57 Å². The van der Waals surface area contributed by atoms with Gasteiger partial charge in [0.05, 0.1) is 11.6 Å². The van der Waals surface area contributed by atoms with Crippen LogP contribution in [0.4, 0.5) is 5.00 Å². The maximum Gasteiger partial charge on any atom is 0.350 e. The lowest BCUT2D eigenvalue weighted by Gasteiger charge is -1.99. The normalized spacial score (nSPS) is 10.5. The lowest BCUT2D eigenvalue weighted by atomic mass is 10.3. The van der Waals surface area contributed by atoms with Gasteiger partial charge in [-0.3, -0.25) is 0 Å². The average Bonchev–Trinajstić information content (AvgIpc) is 2.72. The molecule has 0 spiro atoms. The molecule has 0 aliphatic heterocycles. The zero-order valence-corrected chi connectivity index (χ0v) is 9.00. The summed E-state index contributed by atoms with van der Waals surface area (Å²) in [5, 5.41) is 14.3. The zero-order chi connectivity index (χ0) is 11.1. The summed E-state index contributed by atoms with van der Waals surface area (Å²) in [5.41, 5.74) is -0.0368. The number of esters is 1. The Morgan fingerprint density at radius 3 is 3.13 bits per heavy atom. The van der Waals surface area contributed by atoms with Crippen molar-refractivity contribution in [2.24, 2.45) is 0 Å². The topological polar surface area (TPSA) is 62.1 Å². The van der Waals surface area contributed by atoms with Gasteiger partial charge >= 0.3 is 5.97 Å². The minimum Gasteiger partial charge on any atom is -0.462 e. The monoisotopic (exact) mass is 222 g/mol. The lowest BCUT2D eigenvalue weighted by Crippen LogP contribution is -2.07. The van der Waals surface area contributed by atoms with Gasteiger partial charge in [-0.15, -0.1) is 11.3 Å². The van der Waals surface area contributed by atoms with E-state index in [-0.39, 0.29) is 12.2 Å². The summed E-state index contributed by atoms with van der Waals surface area (Å²) in [6, 6.07) is 5.50. The number of ether oxygens (including phenoxy) is 1. The molecule has 0 saturated heterocycles. The summed E-state index contributed by atoms with van der Waals surface area (Å²) in [6.07, 6.45) is 1.35. The van der Waals surface area contributed by atoms with Gasteiger partial charge in [0, 0.05) is 6.20 Å². The second-order valence-electron chi connectivity index (χ2n) is 2.51. The Balaban J connectivity index is 2.63. The molecule has 1 heterocycles. The number of rotatable bonds is 4. The minimum atomic E-state index is -0.607. The SMILES string of the molecule is CCOC(=O)C(C#N)=CNc1cccs1. The quantitative estimate of drug-likeness (QED) is 0.481. The molecule has 0 atom stereocenters. The van der Waals surface area contributed by atoms with E-state index in [9.17, 15) is 4.79 Å². The van der Waals surface area contributed by atoms with E-state index in [4.69, 9.17) is 10.00 Å². The first-order valence-corrected chi connectivity index (χ1v) is 5.23. The Morgan fingerprint density at radius 2 is 2.60 bits per heavy atom. The first-order valence-electron chi connectivity index (χ1n) is 4.35. The molecule has 0 amide bonds. The Hall–Kier alpha value is -1.80. The molecule has 0 aliphatic carbocycles. The maximum absolute atomic E-state index is 11.2. The van der Waals surface area contributed by atoms with Gasteiger partial charge in [-0.2, -0.15) is 5.26 Å². The van der Waals surface area contributed by atoms with Crippen LogP contribution in [-0.2, 0) is 9.53 Å². The number of thiophene rings is 1. The fraction of sp³-hybridized carbons (Fsp3) is 0.200. The molecule has 1 N–H and O–H groups in total. The van der Waals surface area contributed by atoms with Gasteiger partial charge in [0.1, 0.15) is 6.07 Å². The van der Waals surface area contributed by atoms with Gasteiger partial charge in [-0.1, -0.05) is 0 Å². The van der Waals surface area contributed by atoms with Gasteiger partial charge in [0.2, 0.25) is 0 Å². The van der Waals surface area contributed by atoms with E-state index in [0.29, 0.717) is 0 Å². The van der Waals surface area contributed by atoms with Crippen LogP contribution in [0.25, 0.3) is 0 Å². The third kappa shape index (κ3) is 3.44. The van der Waals surface area contributed by atoms with Crippen LogP contribution < -0.4 is 5.32 Å². The van der Waals surface area contributed by atoms with Gasteiger partial charge in [-0.25, -0.2) is 4.79 Å². The highest BCUT2D eigenvalue weighted by atomic mass is 32.1. The molecule has 15 heavy (non-hydrogen) atoms. The van der Waals surface area contributed by atoms with Crippen LogP contribution in [0.3, 0.4) is 0 Å². The van der Waals surface area contributed by atoms with E-state index in [0.717, 1.165) is 5.00 Å². The van der Waals surface area contributed by atoms with Crippen LogP contribution in [0.15, 0.2) is 29.3 Å². The van der Waals surface area contributed by atoms with Crippen molar-refractivity contribution in [1.29, 1.82) is 5.26 Å². The van der Waals surface area contributed by atoms with Crippen molar-refractivity contribution >= 4 is 22.3 Å². The third-order valence-electron chi connectivity index (χ3n) is 1.50. The molecule has 0 aliphatic rings. The number of nitrogens with zero attached hydrogens (tertiary/aromatic N) is 1. The Labute approximate surface area is 91.8 Å². The zero-order valence-electron chi connectivity index (χ0n) is 8.19. The van der Waals surface area contributed by atoms with Crippen molar-refractivity contribution in [2.75, 3.05) is 11.9 Å².